The molecule has 0 aliphatic heterocycles. The quantitative estimate of drug-likeness (QED) is 0.681. The lowest BCUT2D eigenvalue weighted by Gasteiger charge is -2.30. The number of ketones is 1. The number of halogens is 1. The second-order valence-electron chi connectivity index (χ2n) is 7.50. The van der Waals surface area contributed by atoms with E-state index in [1.165, 1.54) is 0 Å². The first-order valence-corrected chi connectivity index (χ1v) is 8.93. The molecule has 0 aliphatic rings. The molecule has 136 valence electrons. The van der Waals surface area contributed by atoms with Gasteiger partial charge in [-0.2, -0.15) is 5.26 Å². The molecule has 0 fully saturated rings. The first-order chi connectivity index (χ1) is 11.4. The lowest BCUT2D eigenvalue weighted by Crippen LogP contribution is -2.46. The Labute approximate surface area is 157 Å². The highest BCUT2D eigenvalue weighted by molar-refractivity contribution is 9.10. The lowest BCUT2D eigenvalue weighted by atomic mass is 9.82. The van der Waals surface area contributed by atoms with E-state index in [0.717, 1.165) is 4.47 Å². The van der Waals surface area contributed by atoms with E-state index in [4.69, 9.17) is 4.74 Å². The summed E-state index contributed by atoms with van der Waals surface area (Å²) in [6.45, 7) is 8.78. The van der Waals surface area contributed by atoms with Gasteiger partial charge in [0.05, 0.1) is 17.5 Å². The molecule has 1 atom stereocenters. The number of amides is 1. The minimum atomic E-state index is -0.825. The second kappa shape index (κ2) is 8.48. The van der Waals surface area contributed by atoms with Crippen molar-refractivity contribution in [3.63, 3.8) is 0 Å². The van der Waals surface area contributed by atoms with Crippen molar-refractivity contribution in [1.82, 2.24) is 5.32 Å². The molecule has 1 aromatic carbocycles. The van der Waals surface area contributed by atoms with Gasteiger partial charge >= 0.3 is 6.09 Å². The number of ether oxygens (including phenoxy) is 1. The predicted molar refractivity (Wildman–Crippen MR) is 100 cm³/mol. The summed E-state index contributed by atoms with van der Waals surface area (Å²) in [5.41, 5.74) is -0.855. The molecular formula is C19H25BrN2O3. The van der Waals surface area contributed by atoms with Gasteiger partial charge in [0, 0.05) is 16.5 Å². The number of carbonyl (C=O) groups is 2. The highest BCUT2D eigenvalue weighted by Crippen LogP contribution is 2.25. The fourth-order valence-electron chi connectivity index (χ4n) is 2.22. The normalized spacial score (nSPS) is 12.8. The van der Waals surface area contributed by atoms with Crippen molar-refractivity contribution in [1.29, 1.82) is 5.26 Å². The summed E-state index contributed by atoms with van der Waals surface area (Å²) < 4.78 is 6.10. The second-order valence-corrected chi connectivity index (χ2v) is 8.42. The monoisotopic (exact) mass is 408 g/mol. The van der Waals surface area contributed by atoms with Crippen LogP contribution in [0.2, 0.25) is 0 Å². The van der Waals surface area contributed by atoms with Gasteiger partial charge in [-0.1, -0.05) is 28.1 Å². The van der Waals surface area contributed by atoms with E-state index in [2.05, 4.69) is 27.3 Å². The van der Waals surface area contributed by atoms with Gasteiger partial charge < -0.3 is 10.1 Å². The van der Waals surface area contributed by atoms with Crippen molar-refractivity contribution in [2.45, 2.75) is 59.1 Å². The van der Waals surface area contributed by atoms with E-state index in [1.807, 2.05) is 6.07 Å². The minimum absolute atomic E-state index is 0.0361. The minimum Gasteiger partial charge on any atom is -0.444 e. The van der Waals surface area contributed by atoms with Crippen molar-refractivity contribution in [3.8, 4) is 6.07 Å². The van der Waals surface area contributed by atoms with Gasteiger partial charge in [-0.15, -0.1) is 0 Å². The molecule has 0 radical (unpaired) electrons. The number of Topliss-reactive ketones (excluding diaryl/α,β-unsaturated/α-hetero) is 1. The Morgan fingerprint density at radius 3 is 2.44 bits per heavy atom. The topological polar surface area (TPSA) is 79.2 Å². The average Bonchev–Trinajstić information content (AvgIpc) is 2.49. The molecule has 0 unspecified atom stereocenters. The molecule has 0 aliphatic carbocycles. The van der Waals surface area contributed by atoms with E-state index in [9.17, 15) is 14.9 Å². The Morgan fingerprint density at radius 2 is 1.92 bits per heavy atom. The Balaban J connectivity index is 2.80. The maximum absolute atomic E-state index is 12.4. The Kier molecular flexibility index (Phi) is 7.18. The van der Waals surface area contributed by atoms with Crippen LogP contribution in [0.3, 0.4) is 0 Å². The van der Waals surface area contributed by atoms with Crippen molar-refractivity contribution >= 4 is 27.8 Å². The third-order valence-corrected chi connectivity index (χ3v) is 4.15. The van der Waals surface area contributed by atoms with Crippen molar-refractivity contribution < 1.29 is 14.3 Å². The summed E-state index contributed by atoms with van der Waals surface area (Å²) in [6.07, 6.45) is -0.0107. The average molecular weight is 409 g/mol. The molecule has 0 spiro atoms. The van der Waals surface area contributed by atoms with Crippen LogP contribution >= 0.6 is 15.9 Å². The zero-order valence-electron chi connectivity index (χ0n) is 15.4. The van der Waals surface area contributed by atoms with E-state index in [-0.39, 0.29) is 12.2 Å². The fraction of sp³-hybridized carbons (Fsp3) is 0.526. The third-order valence-electron chi connectivity index (χ3n) is 3.66. The van der Waals surface area contributed by atoms with Crippen molar-refractivity contribution in [2.24, 2.45) is 5.41 Å². The molecular weight excluding hydrogens is 384 g/mol. The number of rotatable bonds is 6. The van der Waals surface area contributed by atoms with Gasteiger partial charge in [0.15, 0.2) is 5.78 Å². The molecule has 0 saturated carbocycles. The number of nitriles is 1. The molecule has 1 amide bonds. The summed E-state index contributed by atoms with van der Waals surface area (Å²) in [7, 11) is 0. The Bertz CT molecular complexity index is 672. The highest BCUT2D eigenvalue weighted by Gasteiger charge is 2.32. The molecule has 0 saturated heterocycles. The van der Waals surface area contributed by atoms with Crippen LogP contribution in [0.1, 0.15) is 57.8 Å². The maximum Gasteiger partial charge on any atom is 0.407 e. The number of alkyl carbamates (subject to hydrolysis) is 1. The zero-order chi connectivity index (χ0) is 19.3. The molecule has 6 heteroatoms. The first-order valence-electron chi connectivity index (χ1n) is 8.14. The molecule has 1 aromatic rings. The summed E-state index contributed by atoms with van der Waals surface area (Å²) in [5.74, 6) is -0.0361. The number of hydrogen-bond donors (Lipinski definition) is 1. The molecule has 1 rings (SSSR count). The fourth-order valence-corrected chi connectivity index (χ4v) is 2.62. The first kappa shape index (κ1) is 21.2. The number of hydrogen-bond acceptors (Lipinski definition) is 4. The van der Waals surface area contributed by atoms with Gasteiger partial charge in [-0.3, -0.25) is 4.79 Å². The summed E-state index contributed by atoms with van der Waals surface area (Å²) >= 11 is 3.35. The van der Waals surface area contributed by atoms with Crippen LogP contribution in [0.15, 0.2) is 28.7 Å². The number of nitrogens with one attached hydrogen (secondary N) is 1. The highest BCUT2D eigenvalue weighted by atomic mass is 79.9. The van der Waals surface area contributed by atoms with Crippen molar-refractivity contribution in [2.75, 3.05) is 0 Å². The SMILES string of the molecule is CC(C)(C)OC(=O)N[C@H](CCC(=O)c1cccc(Br)c1)C(C)(C)C#N. The van der Waals surface area contributed by atoms with Crippen LogP contribution in [-0.4, -0.2) is 23.5 Å². The largest absolute Gasteiger partial charge is 0.444 e. The van der Waals surface area contributed by atoms with E-state index in [0.29, 0.717) is 12.0 Å². The summed E-state index contributed by atoms with van der Waals surface area (Å²) in [6, 6.07) is 8.85. The molecule has 0 aromatic heterocycles. The Hall–Kier alpha value is -1.87. The van der Waals surface area contributed by atoms with Gasteiger partial charge in [-0.25, -0.2) is 4.79 Å². The van der Waals surface area contributed by atoms with Gasteiger partial charge in [0.25, 0.3) is 0 Å². The van der Waals surface area contributed by atoms with E-state index < -0.39 is 23.2 Å². The number of benzene rings is 1. The van der Waals surface area contributed by atoms with Crippen molar-refractivity contribution in [3.05, 3.63) is 34.3 Å². The standard InChI is InChI=1S/C19H25BrN2O3/c1-18(2,3)25-17(24)22-16(19(4,5)12-21)10-9-15(23)13-7-6-8-14(20)11-13/h6-8,11,16H,9-10H2,1-5H3,(H,22,24)/t16-/m1/s1. The van der Waals surface area contributed by atoms with Gasteiger partial charge in [0.2, 0.25) is 0 Å². The lowest BCUT2D eigenvalue weighted by molar-refractivity contribution is 0.0468. The molecule has 5 nitrogen and oxygen atoms in total. The van der Waals surface area contributed by atoms with E-state index in [1.54, 1.807) is 52.8 Å². The van der Waals surface area contributed by atoms with Crippen LogP contribution < -0.4 is 5.32 Å². The summed E-state index contributed by atoms with van der Waals surface area (Å²) in [4.78, 5) is 24.4. The van der Waals surface area contributed by atoms with Crippen LogP contribution in [0, 0.1) is 16.7 Å². The molecule has 0 bridgehead atoms. The molecule has 0 heterocycles. The maximum atomic E-state index is 12.4. The third kappa shape index (κ3) is 7.27. The molecule has 25 heavy (non-hydrogen) atoms. The summed E-state index contributed by atoms with van der Waals surface area (Å²) in [5, 5.41) is 12.1. The number of nitrogens with zero attached hydrogens (tertiary/aromatic N) is 1. The van der Waals surface area contributed by atoms with Crippen LogP contribution in [0.5, 0.6) is 0 Å². The Morgan fingerprint density at radius 1 is 1.28 bits per heavy atom. The van der Waals surface area contributed by atoms with E-state index >= 15 is 0 Å². The predicted octanol–water partition coefficient (Wildman–Crippen LogP) is 4.86. The van der Waals surface area contributed by atoms with Crippen LogP contribution in [0.25, 0.3) is 0 Å². The van der Waals surface area contributed by atoms with Crippen LogP contribution in [-0.2, 0) is 4.74 Å². The van der Waals surface area contributed by atoms with Crippen LogP contribution in [0.4, 0.5) is 4.79 Å². The molecule has 1 N–H and O–H groups in total. The van der Waals surface area contributed by atoms with Gasteiger partial charge in [-0.05, 0) is 53.2 Å². The van der Waals surface area contributed by atoms with Gasteiger partial charge in [0.1, 0.15) is 5.60 Å². The number of carbonyl (C=O) groups excluding carboxylic acids is 2. The smallest absolute Gasteiger partial charge is 0.407 e. The zero-order valence-corrected chi connectivity index (χ0v) is 16.9.